The summed E-state index contributed by atoms with van der Waals surface area (Å²) >= 11 is 0. The van der Waals surface area contributed by atoms with Crippen LogP contribution in [0.15, 0.2) is 18.3 Å². The highest BCUT2D eigenvalue weighted by Crippen LogP contribution is 2.42. The molecule has 0 spiro atoms. The van der Waals surface area contributed by atoms with Gasteiger partial charge in [-0.3, -0.25) is 4.79 Å². The van der Waals surface area contributed by atoms with Crippen LogP contribution in [0, 0.1) is 0 Å². The van der Waals surface area contributed by atoms with E-state index >= 15 is 0 Å². The Morgan fingerprint density at radius 3 is 2.76 bits per heavy atom. The molecule has 8 heteroatoms. The number of carbonyl (C=O) groups excluding carboxylic acids is 1. The van der Waals surface area contributed by atoms with Crippen LogP contribution >= 0.6 is 0 Å². The first kappa shape index (κ1) is 22.3. The molecule has 0 aromatic carbocycles. The lowest BCUT2D eigenvalue weighted by atomic mass is 9.85. The summed E-state index contributed by atoms with van der Waals surface area (Å²) in [5.41, 5.74) is 4.70. The Morgan fingerprint density at radius 1 is 1.27 bits per heavy atom. The van der Waals surface area contributed by atoms with Crippen molar-refractivity contribution >= 4 is 22.9 Å². The Balaban J connectivity index is 1.54. The zero-order valence-corrected chi connectivity index (χ0v) is 19.8. The monoisotopic (exact) mass is 453 g/mol. The molecule has 1 amide bonds. The number of anilines is 1. The maximum Gasteiger partial charge on any atom is 0.241 e. The van der Waals surface area contributed by atoms with E-state index in [4.69, 9.17) is 9.84 Å². The highest BCUT2D eigenvalue weighted by molar-refractivity contribution is 5.83. The van der Waals surface area contributed by atoms with Crippen LogP contribution in [0.2, 0.25) is 0 Å². The summed E-state index contributed by atoms with van der Waals surface area (Å²) in [7, 11) is 1.69. The van der Waals surface area contributed by atoms with Crippen molar-refractivity contribution in [3.8, 4) is 0 Å². The molecule has 2 bridgehead atoms. The van der Waals surface area contributed by atoms with Gasteiger partial charge in [-0.15, -0.1) is 5.10 Å². The topological polar surface area (TPSA) is 92.0 Å². The third-order valence-electron chi connectivity index (χ3n) is 7.56. The average molecular weight is 454 g/mol. The number of methoxy groups -OCH3 is 1. The Hall–Kier alpha value is -2.45. The highest BCUT2D eigenvalue weighted by atomic mass is 16.5. The van der Waals surface area contributed by atoms with E-state index in [1.807, 2.05) is 13.1 Å². The predicted octanol–water partition coefficient (Wildman–Crippen LogP) is 3.36. The minimum absolute atomic E-state index is 0.102. The molecule has 2 aromatic heterocycles. The van der Waals surface area contributed by atoms with Gasteiger partial charge < -0.3 is 20.1 Å². The minimum atomic E-state index is -0.192. The third kappa shape index (κ3) is 4.26. The van der Waals surface area contributed by atoms with Gasteiger partial charge in [0.15, 0.2) is 0 Å². The number of amides is 1. The second-order valence-corrected chi connectivity index (χ2v) is 9.99. The number of nitrogens with zero attached hydrogens (tertiary/aromatic N) is 4. The van der Waals surface area contributed by atoms with Gasteiger partial charge in [0.25, 0.3) is 0 Å². The first-order valence-electron chi connectivity index (χ1n) is 12.3. The molecule has 33 heavy (non-hydrogen) atoms. The van der Waals surface area contributed by atoms with E-state index in [9.17, 15) is 9.90 Å². The van der Waals surface area contributed by atoms with E-state index in [1.54, 1.807) is 14.0 Å². The lowest BCUT2D eigenvalue weighted by molar-refractivity contribution is -0.131. The fraction of sp³-hybridized carbons (Fsp3) is 0.640. The number of hydrogen-bond donors (Lipinski definition) is 2. The maximum atomic E-state index is 12.2. The van der Waals surface area contributed by atoms with Gasteiger partial charge in [-0.2, -0.15) is 0 Å². The molecular formula is C25H35N5O3. The van der Waals surface area contributed by atoms with Crippen molar-refractivity contribution in [2.45, 2.75) is 88.9 Å². The first-order chi connectivity index (χ1) is 15.9. The fourth-order valence-electron chi connectivity index (χ4n) is 6.03. The quantitative estimate of drug-likeness (QED) is 0.697. The van der Waals surface area contributed by atoms with E-state index in [0.717, 1.165) is 50.5 Å². The number of aliphatic hydroxyl groups excluding tert-OH is 1. The summed E-state index contributed by atoms with van der Waals surface area (Å²) in [6.45, 7) is 4.31. The van der Waals surface area contributed by atoms with Crippen molar-refractivity contribution in [1.82, 2.24) is 19.5 Å². The van der Waals surface area contributed by atoms with Crippen LogP contribution < -0.4 is 5.32 Å². The van der Waals surface area contributed by atoms with Crippen molar-refractivity contribution in [1.29, 1.82) is 0 Å². The van der Waals surface area contributed by atoms with E-state index in [0.29, 0.717) is 18.5 Å². The van der Waals surface area contributed by atoms with Crippen molar-refractivity contribution in [2.75, 3.05) is 19.0 Å². The molecule has 2 aliphatic heterocycles. The second-order valence-electron chi connectivity index (χ2n) is 9.99. The van der Waals surface area contributed by atoms with Crippen LogP contribution in [0.4, 0.5) is 5.95 Å². The van der Waals surface area contributed by atoms with Crippen LogP contribution in [0.1, 0.15) is 76.0 Å². The van der Waals surface area contributed by atoms with Gasteiger partial charge in [0.05, 0.1) is 30.5 Å². The number of fused-ring (bicyclic) bond motifs is 3. The summed E-state index contributed by atoms with van der Waals surface area (Å²) in [5, 5.41) is 18.3. The average Bonchev–Trinajstić information content (AvgIpc) is 3.29. The van der Waals surface area contributed by atoms with Crippen LogP contribution in [-0.2, 0) is 9.53 Å². The summed E-state index contributed by atoms with van der Waals surface area (Å²) in [6, 6.07) is 2.87. The van der Waals surface area contributed by atoms with Gasteiger partial charge in [-0.1, -0.05) is 6.08 Å². The normalized spacial score (nSPS) is 28.1. The standard InChI is InChI=1S/C25H35N5O3/c1-15(14-33-3)27-25-26-13-24-22(18-10-19-6-7-20(11-18)29(19)16(2)31)12-23(30(24)28-25)17-4-8-21(32)9-5-17/h10,12-13,15,17,19-21,32H,4-9,11,14H2,1-3H3,(H,27,28)/t15-,17?,19+,20?,21?/m0/s1. The predicted molar refractivity (Wildman–Crippen MR) is 127 cm³/mol. The molecule has 2 N–H and O–H groups in total. The van der Waals surface area contributed by atoms with Crippen LogP contribution in [0.25, 0.3) is 11.1 Å². The maximum absolute atomic E-state index is 12.2. The molecule has 178 valence electrons. The number of carbonyl (C=O) groups is 1. The second kappa shape index (κ2) is 9.06. The molecule has 4 heterocycles. The third-order valence-corrected chi connectivity index (χ3v) is 7.56. The summed E-state index contributed by atoms with van der Waals surface area (Å²) in [4.78, 5) is 18.8. The molecule has 5 rings (SSSR count). The SMILES string of the molecule is COC[C@H](C)Nc1ncc2c(C3=C[C@H]4CCC(C3)N4C(C)=O)cc(C3CCC(O)CC3)n2n1. The van der Waals surface area contributed by atoms with Gasteiger partial charge in [0.2, 0.25) is 11.9 Å². The number of hydrogen-bond acceptors (Lipinski definition) is 6. The van der Waals surface area contributed by atoms with Crippen molar-refractivity contribution < 1.29 is 14.6 Å². The van der Waals surface area contributed by atoms with Crippen LogP contribution in [0.5, 0.6) is 0 Å². The number of rotatable bonds is 6. The summed E-state index contributed by atoms with van der Waals surface area (Å²) in [5.74, 6) is 1.13. The summed E-state index contributed by atoms with van der Waals surface area (Å²) < 4.78 is 7.31. The Bertz CT molecular complexity index is 1060. The van der Waals surface area contributed by atoms with Gasteiger partial charge in [0.1, 0.15) is 0 Å². The van der Waals surface area contributed by atoms with E-state index in [2.05, 4.69) is 31.9 Å². The summed E-state index contributed by atoms with van der Waals surface area (Å²) in [6.07, 6.45) is 10.6. The fourth-order valence-corrected chi connectivity index (χ4v) is 6.03. The number of aliphatic hydroxyl groups is 1. The number of nitrogens with one attached hydrogen (secondary N) is 1. The zero-order chi connectivity index (χ0) is 23.1. The highest BCUT2D eigenvalue weighted by Gasteiger charge is 2.39. The molecule has 1 saturated carbocycles. The lowest BCUT2D eigenvalue weighted by Crippen LogP contribution is -2.41. The van der Waals surface area contributed by atoms with Gasteiger partial charge in [-0.25, -0.2) is 9.50 Å². The molecule has 2 aromatic rings. The number of aromatic nitrogens is 3. The van der Waals surface area contributed by atoms with Gasteiger partial charge in [0, 0.05) is 43.3 Å². The first-order valence-corrected chi connectivity index (χ1v) is 12.3. The minimum Gasteiger partial charge on any atom is -0.393 e. The molecule has 1 saturated heterocycles. The largest absolute Gasteiger partial charge is 0.393 e. The molecule has 0 radical (unpaired) electrons. The molecule has 3 aliphatic rings. The Labute approximate surface area is 195 Å². The van der Waals surface area contributed by atoms with E-state index in [1.165, 1.54) is 16.8 Å². The van der Waals surface area contributed by atoms with Crippen LogP contribution in [-0.4, -0.2) is 68.5 Å². The molecule has 1 aliphatic carbocycles. The van der Waals surface area contributed by atoms with Crippen molar-refractivity contribution in [3.05, 3.63) is 29.6 Å². The number of ether oxygens (including phenoxy) is 1. The smallest absolute Gasteiger partial charge is 0.241 e. The van der Waals surface area contributed by atoms with Crippen molar-refractivity contribution in [3.63, 3.8) is 0 Å². The van der Waals surface area contributed by atoms with Gasteiger partial charge >= 0.3 is 0 Å². The van der Waals surface area contributed by atoms with Crippen LogP contribution in [0.3, 0.4) is 0 Å². The Morgan fingerprint density at radius 2 is 2.06 bits per heavy atom. The molecule has 8 nitrogen and oxygen atoms in total. The lowest BCUT2D eigenvalue weighted by Gasteiger charge is -2.33. The van der Waals surface area contributed by atoms with Gasteiger partial charge in [-0.05, 0) is 63.5 Å². The van der Waals surface area contributed by atoms with E-state index < -0.39 is 0 Å². The zero-order valence-electron chi connectivity index (χ0n) is 19.8. The molecule has 3 atom stereocenters. The van der Waals surface area contributed by atoms with Crippen molar-refractivity contribution in [2.24, 2.45) is 0 Å². The molecular weight excluding hydrogens is 418 g/mol. The van der Waals surface area contributed by atoms with E-state index in [-0.39, 0.29) is 30.1 Å². The molecule has 1 unspecified atom stereocenters. The molecule has 2 fully saturated rings. The Kier molecular flexibility index (Phi) is 6.14.